The summed E-state index contributed by atoms with van der Waals surface area (Å²) >= 11 is 4.86. The minimum Gasteiger partial charge on any atom is -0.389 e. The van der Waals surface area contributed by atoms with E-state index in [0.29, 0.717) is 22.8 Å². The SMILES string of the molecule is CC1(CNC(=O)c2ccc(C(N)=S)cn2)CCCCC1. The molecule has 0 aliphatic heterocycles. The van der Waals surface area contributed by atoms with E-state index in [0.717, 1.165) is 0 Å². The van der Waals surface area contributed by atoms with Gasteiger partial charge in [0, 0.05) is 18.3 Å². The van der Waals surface area contributed by atoms with Crippen LogP contribution in [0.2, 0.25) is 0 Å². The Hall–Kier alpha value is -1.49. The second-order valence-electron chi connectivity index (χ2n) is 5.85. The summed E-state index contributed by atoms with van der Waals surface area (Å²) in [6.45, 7) is 2.96. The summed E-state index contributed by atoms with van der Waals surface area (Å²) in [6.07, 6.45) is 7.73. The summed E-state index contributed by atoms with van der Waals surface area (Å²) in [5.41, 5.74) is 6.82. The van der Waals surface area contributed by atoms with Gasteiger partial charge in [0.25, 0.3) is 5.91 Å². The summed E-state index contributed by atoms with van der Waals surface area (Å²) in [7, 11) is 0. The Bertz CT molecular complexity index is 492. The maximum Gasteiger partial charge on any atom is 0.269 e. The van der Waals surface area contributed by atoms with Crippen molar-refractivity contribution in [3.63, 3.8) is 0 Å². The molecule has 1 aliphatic carbocycles. The van der Waals surface area contributed by atoms with Crippen molar-refractivity contribution in [2.75, 3.05) is 6.54 Å². The first-order valence-electron chi connectivity index (χ1n) is 7.04. The first-order chi connectivity index (χ1) is 9.50. The van der Waals surface area contributed by atoms with Crippen molar-refractivity contribution in [1.82, 2.24) is 10.3 Å². The molecule has 1 heterocycles. The van der Waals surface area contributed by atoms with Crippen LogP contribution >= 0.6 is 12.2 Å². The maximum atomic E-state index is 12.1. The van der Waals surface area contributed by atoms with E-state index in [9.17, 15) is 4.79 Å². The Balaban J connectivity index is 1.92. The van der Waals surface area contributed by atoms with E-state index in [4.69, 9.17) is 18.0 Å². The average molecular weight is 291 g/mol. The molecule has 0 bridgehead atoms. The zero-order valence-electron chi connectivity index (χ0n) is 11.8. The molecule has 2 rings (SSSR count). The molecule has 108 valence electrons. The lowest BCUT2D eigenvalue weighted by Crippen LogP contribution is -2.37. The van der Waals surface area contributed by atoms with E-state index in [1.165, 1.54) is 32.1 Å². The number of hydrogen-bond acceptors (Lipinski definition) is 3. The van der Waals surface area contributed by atoms with Gasteiger partial charge >= 0.3 is 0 Å². The van der Waals surface area contributed by atoms with Gasteiger partial charge in [0.15, 0.2) is 0 Å². The van der Waals surface area contributed by atoms with E-state index in [2.05, 4.69) is 17.2 Å². The van der Waals surface area contributed by atoms with E-state index in [1.54, 1.807) is 18.3 Å². The summed E-state index contributed by atoms with van der Waals surface area (Å²) in [5, 5.41) is 2.99. The summed E-state index contributed by atoms with van der Waals surface area (Å²) in [5.74, 6) is -0.133. The minimum atomic E-state index is -0.133. The molecule has 1 aromatic heterocycles. The number of rotatable bonds is 4. The van der Waals surface area contributed by atoms with Crippen molar-refractivity contribution in [3.8, 4) is 0 Å². The molecule has 0 aromatic carbocycles. The molecule has 0 radical (unpaired) electrons. The van der Waals surface area contributed by atoms with Gasteiger partial charge in [-0.2, -0.15) is 0 Å². The van der Waals surface area contributed by atoms with Gasteiger partial charge in [-0.05, 0) is 30.4 Å². The highest BCUT2D eigenvalue weighted by Crippen LogP contribution is 2.34. The van der Waals surface area contributed by atoms with Gasteiger partial charge in [0.05, 0.1) is 0 Å². The van der Waals surface area contributed by atoms with Crippen LogP contribution in [0.1, 0.15) is 55.1 Å². The number of nitrogens with one attached hydrogen (secondary N) is 1. The largest absolute Gasteiger partial charge is 0.389 e. The fourth-order valence-electron chi connectivity index (χ4n) is 2.64. The Morgan fingerprint density at radius 1 is 1.40 bits per heavy atom. The Morgan fingerprint density at radius 3 is 2.65 bits per heavy atom. The predicted molar refractivity (Wildman–Crippen MR) is 83.6 cm³/mol. The van der Waals surface area contributed by atoms with E-state index in [1.807, 2.05) is 0 Å². The minimum absolute atomic E-state index is 0.133. The topological polar surface area (TPSA) is 68.0 Å². The monoisotopic (exact) mass is 291 g/mol. The fraction of sp³-hybridized carbons (Fsp3) is 0.533. The van der Waals surface area contributed by atoms with Crippen molar-refractivity contribution in [2.24, 2.45) is 11.1 Å². The number of nitrogens with zero attached hydrogens (tertiary/aromatic N) is 1. The highest BCUT2D eigenvalue weighted by Gasteiger charge is 2.27. The molecular formula is C15H21N3OS. The Kier molecular flexibility index (Phi) is 4.70. The van der Waals surface area contributed by atoms with Crippen LogP contribution in [-0.2, 0) is 0 Å². The quantitative estimate of drug-likeness (QED) is 0.836. The van der Waals surface area contributed by atoms with E-state index in [-0.39, 0.29) is 11.3 Å². The lowest BCUT2D eigenvalue weighted by molar-refractivity contribution is 0.0914. The van der Waals surface area contributed by atoms with Crippen molar-refractivity contribution >= 4 is 23.1 Å². The standard InChI is InChI=1S/C15H21N3OS/c1-15(7-3-2-4-8-15)10-18-14(19)12-6-5-11(9-17-12)13(16)20/h5-6,9H,2-4,7-8,10H2,1H3,(H2,16,20)(H,18,19). The first kappa shape index (κ1) is 14.9. The second-order valence-corrected chi connectivity index (χ2v) is 6.29. The molecule has 0 atom stereocenters. The number of hydrogen-bond donors (Lipinski definition) is 2. The van der Waals surface area contributed by atoms with Gasteiger partial charge in [-0.3, -0.25) is 9.78 Å². The smallest absolute Gasteiger partial charge is 0.269 e. The highest BCUT2D eigenvalue weighted by molar-refractivity contribution is 7.80. The van der Waals surface area contributed by atoms with Crippen molar-refractivity contribution in [3.05, 3.63) is 29.6 Å². The Labute approximate surface area is 125 Å². The number of carbonyl (C=O) groups excluding carboxylic acids is 1. The molecule has 4 nitrogen and oxygen atoms in total. The van der Waals surface area contributed by atoms with Gasteiger partial charge in [-0.15, -0.1) is 0 Å². The van der Waals surface area contributed by atoms with Crippen molar-refractivity contribution in [1.29, 1.82) is 0 Å². The Morgan fingerprint density at radius 2 is 2.10 bits per heavy atom. The zero-order chi connectivity index (χ0) is 14.6. The normalized spacial score (nSPS) is 17.4. The third kappa shape index (κ3) is 3.76. The summed E-state index contributed by atoms with van der Waals surface area (Å²) in [6, 6.07) is 3.39. The van der Waals surface area contributed by atoms with Crippen molar-refractivity contribution in [2.45, 2.75) is 39.0 Å². The second kappa shape index (κ2) is 6.31. The van der Waals surface area contributed by atoms with Crippen LogP contribution in [-0.4, -0.2) is 22.4 Å². The van der Waals surface area contributed by atoms with Gasteiger partial charge in [-0.1, -0.05) is 38.4 Å². The van der Waals surface area contributed by atoms with Crippen LogP contribution in [0.25, 0.3) is 0 Å². The highest BCUT2D eigenvalue weighted by atomic mass is 32.1. The first-order valence-corrected chi connectivity index (χ1v) is 7.45. The van der Waals surface area contributed by atoms with Gasteiger partial charge < -0.3 is 11.1 Å². The molecule has 0 spiro atoms. The summed E-state index contributed by atoms with van der Waals surface area (Å²) < 4.78 is 0. The molecule has 1 aromatic rings. The number of pyridine rings is 1. The molecule has 0 unspecified atom stereocenters. The molecule has 20 heavy (non-hydrogen) atoms. The zero-order valence-corrected chi connectivity index (χ0v) is 12.6. The molecular weight excluding hydrogens is 270 g/mol. The molecule has 1 saturated carbocycles. The molecule has 1 amide bonds. The van der Waals surface area contributed by atoms with Gasteiger partial charge in [-0.25, -0.2) is 0 Å². The lowest BCUT2D eigenvalue weighted by atomic mass is 9.76. The molecule has 5 heteroatoms. The van der Waals surface area contributed by atoms with Crippen LogP contribution in [0.15, 0.2) is 18.3 Å². The van der Waals surface area contributed by atoms with Crippen LogP contribution in [0.3, 0.4) is 0 Å². The average Bonchev–Trinajstić information content (AvgIpc) is 2.46. The number of aromatic nitrogens is 1. The number of amides is 1. The van der Waals surface area contributed by atoms with Crippen molar-refractivity contribution < 1.29 is 4.79 Å². The van der Waals surface area contributed by atoms with Gasteiger partial charge in [0.1, 0.15) is 10.7 Å². The van der Waals surface area contributed by atoms with Crippen LogP contribution < -0.4 is 11.1 Å². The maximum absolute atomic E-state index is 12.1. The third-order valence-electron chi connectivity index (χ3n) is 4.02. The third-order valence-corrected chi connectivity index (χ3v) is 4.25. The molecule has 1 aliphatic rings. The molecule has 1 fully saturated rings. The molecule has 0 saturated heterocycles. The summed E-state index contributed by atoms with van der Waals surface area (Å²) in [4.78, 5) is 16.5. The van der Waals surface area contributed by atoms with E-state index < -0.39 is 0 Å². The lowest BCUT2D eigenvalue weighted by Gasteiger charge is -2.33. The predicted octanol–water partition coefficient (Wildman–Crippen LogP) is 2.42. The number of thiocarbonyl (C=S) groups is 1. The molecule has 3 N–H and O–H groups in total. The number of carbonyl (C=O) groups is 1. The van der Waals surface area contributed by atoms with Crippen LogP contribution in [0, 0.1) is 5.41 Å². The van der Waals surface area contributed by atoms with Crippen LogP contribution in [0.4, 0.5) is 0 Å². The fourth-order valence-corrected chi connectivity index (χ4v) is 2.76. The van der Waals surface area contributed by atoms with Crippen LogP contribution in [0.5, 0.6) is 0 Å². The number of nitrogens with two attached hydrogens (primary N) is 1. The van der Waals surface area contributed by atoms with E-state index >= 15 is 0 Å². The van der Waals surface area contributed by atoms with Gasteiger partial charge in [0.2, 0.25) is 0 Å².